The van der Waals surface area contributed by atoms with Crippen molar-refractivity contribution < 1.29 is 19.4 Å². The van der Waals surface area contributed by atoms with Crippen LogP contribution < -0.4 is 10.1 Å². The fourth-order valence-corrected chi connectivity index (χ4v) is 5.98. The van der Waals surface area contributed by atoms with Gasteiger partial charge in [-0.1, -0.05) is 114 Å². The summed E-state index contributed by atoms with van der Waals surface area (Å²) in [5.41, 5.74) is 13.7. The quantitative estimate of drug-likeness (QED) is 0.0547. The number of nitrogens with zero attached hydrogens (tertiary/aromatic N) is 4. The van der Waals surface area contributed by atoms with Crippen LogP contribution in [-0.2, 0) is 22.4 Å². The molecule has 0 radical (unpaired) electrons. The van der Waals surface area contributed by atoms with Gasteiger partial charge in [0.05, 0.1) is 6.61 Å². The first-order valence-corrected chi connectivity index (χ1v) is 16.3. The maximum absolute atomic E-state index is 14.6. The third-order valence-corrected chi connectivity index (χ3v) is 8.50. The number of aliphatic imine (C=N–C) groups is 1. The Morgan fingerprint density at radius 1 is 0.857 bits per heavy atom. The predicted octanol–water partition coefficient (Wildman–Crippen LogP) is 7.92. The van der Waals surface area contributed by atoms with E-state index in [1.807, 2.05) is 109 Å². The summed E-state index contributed by atoms with van der Waals surface area (Å²) in [6.45, 7) is 0.840. The molecule has 9 nitrogen and oxygen atoms in total. The number of carbonyl (C=O) groups is 1. The molecule has 0 spiro atoms. The zero-order chi connectivity index (χ0) is 33.9. The SMILES string of the molecule is [N-]=[N+]=Nc1ccccc1C[C@@]1(C(=O)NCCc2ccccc2)N=C(c2ccc(OCCCO)cc2)O[C@@H]1c1ccc(-c2ccccc2)cc1. The molecule has 1 aliphatic rings. The topological polar surface area (TPSA) is 129 Å². The molecule has 2 atom stereocenters. The smallest absolute Gasteiger partial charge is 0.252 e. The van der Waals surface area contributed by atoms with Gasteiger partial charge in [0.2, 0.25) is 5.90 Å². The first kappa shape index (κ1) is 33.0. The van der Waals surface area contributed by atoms with Crippen LogP contribution in [0.5, 0.6) is 5.75 Å². The van der Waals surface area contributed by atoms with Crippen LogP contribution in [0.15, 0.2) is 144 Å². The molecule has 1 heterocycles. The fraction of sp³-hybridized carbons (Fsp3) is 0.200. The lowest BCUT2D eigenvalue weighted by atomic mass is 9.81. The monoisotopic (exact) mass is 651 g/mol. The Labute approximate surface area is 285 Å². The van der Waals surface area contributed by atoms with E-state index in [9.17, 15) is 10.3 Å². The Balaban J connectivity index is 1.41. The molecule has 2 N–H and O–H groups in total. The van der Waals surface area contributed by atoms with Crippen molar-refractivity contribution in [3.63, 3.8) is 0 Å². The van der Waals surface area contributed by atoms with Crippen molar-refractivity contribution in [1.29, 1.82) is 0 Å². The van der Waals surface area contributed by atoms with Crippen LogP contribution in [0.25, 0.3) is 21.6 Å². The molecule has 0 saturated carbocycles. The maximum atomic E-state index is 14.6. The van der Waals surface area contributed by atoms with Gasteiger partial charge in [-0.05, 0) is 64.0 Å². The van der Waals surface area contributed by atoms with Crippen molar-refractivity contribution in [2.24, 2.45) is 10.1 Å². The summed E-state index contributed by atoms with van der Waals surface area (Å²) in [5, 5.41) is 16.2. The molecule has 0 bridgehead atoms. The molecule has 0 unspecified atom stereocenters. The highest BCUT2D eigenvalue weighted by atomic mass is 16.5. The number of carbonyl (C=O) groups excluding carboxylic acids is 1. The van der Waals surface area contributed by atoms with Crippen molar-refractivity contribution in [1.82, 2.24) is 5.32 Å². The van der Waals surface area contributed by atoms with E-state index in [1.165, 1.54) is 0 Å². The third-order valence-electron chi connectivity index (χ3n) is 8.50. The Morgan fingerprint density at radius 3 is 2.22 bits per heavy atom. The lowest BCUT2D eigenvalue weighted by molar-refractivity contribution is -0.128. The minimum absolute atomic E-state index is 0.0503. The van der Waals surface area contributed by atoms with Gasteiger partial charge in [-0.15, -0.1) is 0 Å². The zero-order valence-corrected chi connectivity index (χ0v) is 27.0. The summed E-state index contributed by atoms with van der Waals surface area (Å²) in [5.74, 6) is 0.672. The number of amides is 1. The zero-order valence-electron chi connectivity index (χ0n) is 27.0. The third kappa shape index (κ3) is 7.81. The molecular formula is C40H37N5O4. The first-order chi connectivity index (χ1) is 24.1. The predicted molar refractivity (Wildman–Crippen MR) is 191 cm³/mol. The highest BCUT2D eigenvalue weighted by molar-refractivity contribution is 6.01. The van der Waals surface area contributed by atoms with E-state index in [4.69, 9.17) is 19.6 Å². The van der Waals surface area contributed by atoms with Gasteiger partial charge < -0.3 is 19.9 Å². The van der Waals surface area contributed by atoms with E-state index in [-0.39, 0.29) is 18.9 Å². The van der Waals surface area contributed by atoms with E-state index < -0.39 is 11.6 Å². The van der Waals surface area contributed by atoms with Crippen LogP contribution in [0.3, 0.4) is 0 Å². The Kier molecular flexibility index (Phi) is 10.7. The van der Waals surface area contributed by atoms with Crippen LogP contribution in [0.1, 0.15) is 34.8 Å². The molecule has 49 heavy (non-hydrogen) atoms. The summed E-state index contributed by atoms with van der Waals surface area (Å²) >= 11 is 0. The van der Waals surface area contributed by atoms with E-state index in [0.717, 1.165) is 22.3 Å². The highest BCUT2D eigenvalue weighted by Crippen LogP contribution is 2.44. The molecule has 0 fully saturated rings. The normalized spacial score (nSPS) is 16.6. The van der Waals surface area contributed by atoms with Gasteiger partial charge in [-0.25, -0.2) is 4.99 Å². The second-order valence-corrected chi connectivity index (χ2v) is 11.8. The van der Waals surface area contributed by atoms with E-state index >= 15 is 0 Å². The van der Waals surface area contributed by atoms with E-state index in [0.29, 0.717) is 54.5 Å². The van der Waals surface area contributed by atoms with Crippen molar-refractivity contribution >= 4 is 17.5 Å². The summed E-state index contributed by atoms with van der Waals surface area (Å²) < 4.78 is 12.4. The summed E-state index contributed by atoms with van der Waals surface area (Å²) in [6, 6.07) is 42.6. The number of aliphatic hydroxyl groups excluding tert-OH is 1. The number of benzene rings is 5. The van der Waals surface area contributed by atoms with Gasteiger partial charge in [-0.2, -0.15) is 0 Å². The average Bonchev–Trinajstić information content (AvgIpc) is 3.54. The minimum Gasteiger partial charge on any atom is -0.494 e. The van der Waals surface area contributed by atoms with Crippen molar-refractivity contribution in [3.8, 4) is 16.9 Å². The molecule has 5 aromatic rings. The molecule has 5 aromatic carbocycles. The van der Waals surface area contributed by atoms with Crippen molar-refractivity contribution in [3.05, 3.63) is 166 Å². The van der Waals surface area contributed by atoms with Crippen LogP contribution in [0.2, 0.25) is 0 Å². The maximum Gasteiger partial charge on any atom is 0.252 e. The Bertz CT molecular complexity index is 1930. The van der Waals surface area contributed by atoms with E-state index in [2.05, 4.69) is 27.5 Å². The Morgan fingerprint density at radius 2 is 1.51 bits per heavy atom. The van der Waals surface area contributed by atoms with Gasteiger partial charge in [0.15, 0.2) is 11.6 Å². The second-order valence-electron chi connectivity index (χ2n) is 11.8. The molecule has 1 aliphatic heterocycles. The standard InChI is InChI=1S/C40H37N5O4/c41-45-44-36-15-8-7-14-34(36)28-40(39(47)42-25-24-29-10-3-1-4-11-29)37(32-18-16-31(17-19-32)30-12-5-2-6-13-30)49-38(43-40)33-20-22-35(23-21-33)48-27-9-26-46/h1-8,10-23,37,46H,9,24-28H2,(H,42,47)/t37-,40-/m1/s1. The minimum atomic E-state index is -1.45. The van der Waals surface area contributed by atoms with Crippen LogP contribution in [0.4, 0.5) is 5.69 Å². The molecule has 1 amide bonds. The number of nitrogens with one attached hydrogen (secondary N) is 1. The summed E-state index contributed by atoms with van der Waals surface area (Å²) in [4.78, 5) is 22.8. The van der Waals surface area contributed by atoms with Crippen LogP contribution >= 0.6 is 0 Å². The lowest BCUT2D eigenvalue weighted by Crippen LogP contribution is -2.50. The Hall–Kier alpha value is -5.89. The molecular weight excluding hydrogens is 614 g/mol. The fourth-order valence-electron chi connectivity index (χ4n) is 5.98. The lowest BCUT2D eigenvalue weighted by Gasteiger charge is -2.31. The van der Waals surface area contributed by atoms with Gasteiger partial charge in [0.25, 0.3) is 5.91 Å². The second kappa shape index (κ2) is 15.8. The molecule has 246 valence electrons. The number of azide groups is 1. The average molecular weight is 652 g/mol. The molecule has 0 aromatic heterocycles. The number of aliphatic hydroxyl groups is 1. The molecule has 0 aliphatic carbocycles. The van der Waals surface area contributed by atoms with Gasteiger partial charge in [0.1, 0.15) is 5.75 Å². The van der Waals surface area contributed by atoms with Gasteiger partial charge in [0, 0.05) is 42.2 Å². The number of rotatable bonds is 14. The van der Waals surface area contributed by atoms with Gasteiger partial charge >= 0.3 is 0 Å². The van der Waals surface area contributed by atoms with Crippen LogP contribution in [0, 0.1) is 0 Å². The number of ether oxygens (including phenoxy) is 2. The molecule has 0 saturated heterocycles. The summed E-state index contributed by atoms with van der Waals surface area (Å²) in [7, 11) is 0. The van der Waals surface area contributed by atoms with Crippen molar-refractivity contribution in [2.45, 2.75) is 30.9 Å². The molecule has 6 rings (SSSR count). The van der Waals surface area contributed by atoms with Gasteiger partial charge in [-0.3, -0.25) is 4.79 Å². The largest absolute Gasteiger partial charge is 0.494 e. The van der Waals surface area contributed by atoms with Crippen LogP contribution in [-0.4, -0.2) is 42.2 Å². The summed E-state index contributed by atoms with van der Waals surface area (Å²) in [6.07, 6.45) is 0.491. The highest BCUT2D eigenvalue weighted by Gasteiger charge is 2.53. The number of hydrogen-bond donors (Lipinski definition) is 2. The first-order valence-electron chi connectivity index (χ1n) is 16.3. The number of hydrogen-bond acceptors (Lipinski definition) is 6. The van der Waals surface area contributed by atoms with Crippen molar-refractivity contribution in [2.75, 3.05) is 19.8 Å². The molecule has 9 heteroatoms. The van der Waals surface area contributed by atoms with E-state index in [1.54, 1.807) is 12.1 Å².